The fourth-order valence-electron chi connectivity index (χ4n) is 1.57. The molecule has 0 aliphatic heterocycles. The number of rotatable bonds is 3. The van der Waals surface area contributed by atoms with Crippen LogP contribution in [0.2, 0.25) is 0 Å². The monoisotopic (exact) mass is 334 g/mol. The van der Waals surface area contributed by atoms with Gasteiger partial charge in [0, 0.05) is 5.56 Å². The molecule has 6 heteroatoms. The van der Waals surface area contributed by atoms with Crippen LogP contribution in [0.25, 0.3) is 0 Å². The highest BCUT2D eigenvalue weighted by molar-refractivity contribution is 9.10. The Morgan fingerprint density at radius 2 is 2.06 bits per heavy atom. The molecule has 2 aromatic rings. The van der Waals surface area contributed by atoms with Crippen LogP contribution in [0.15, 0.2) is 28.1 Å². The van der Waals surface area contributed by atoms with Gasteiger partial charge in [-0.15, -0.1) is 11.3 Å². The van der Waals surface area contributed by atoms with E-state index in [-0.39, 0.29) is 10.0 Å². The summed E-state index contributed by atoms with van der Waals surface area (Å²) in [5.41, 5.74) is -0.114. The Hall–Kier alpha value is -0.980. The molecule has 0 amide bonds. The molecule has 0 radical (unpaired) electrons. The van der Waals surface area contributed by atoms with Crippen LogP contribution in [0.4, 0.5) is 8.78 Å². The summed E-state index contributed by atoms with van der Waals surface area (Å²) in [7, 11) is 1.46. The second-order valence-corrected chi connectivity index (χ2v) is 5.35. The number of ether oxygens (including phenoxy) is 1. The minimum Gasteiger partial charge on any atom is -0.495 e. The Balaban J connectivity index is 2.46. The number of aliphatic hydroxyl groups excluding tert-OH is 1. The first kappa shape index (κ1) is 13.5. The van der Waals surface area contributed by atoms with Gasteiger partial charge in [0.25, 0.3) is 0 Å². The van der Waals surface area contributed by atoms with Crippen LogP contribution in [-0.4, -0.2) is 12.2 Å². The maximum atomic E-state index is 13.7. The molecular weight excluding hydrogens is 326 g/mol. The van der Waals surface area contributed by atoms with Crippen LogP contribution in [0, 0.1) is 11.6 Å². The number of halogens is 3. The van der Waals surface area contributed by atoms with E-state index in [1.165, 1.54) is 18.4 Å². The largest absolute Gasteiger partial charge is 0.495 e. The van der Waals surface area contributed by atoms with Gasteiger partial charge in [0.2, 0.25) is 0 Å². The lowest BCUT2D eigenvalue weighted by Gasteiger charge is -2.12. The van der Waals surface area contributed by atoms with Gasteiger partial charge in [-0.05, 0) is 39.5 Å². The van der Waals surface area contributed by atoms with Crippen LogP contribution in [0.3, 0.4) is 0 Å². The highest BCUT2D eigenvalue weighted by Crippen LogP contribution is 2.36. The number of hydrogen-bond donors (Lipinski definition) is 1. The lowest BCUT2D eigenvalue weighted by molar-refractivity contribution is 0.213. The molecule has 1 heterocycles. The van der Waals surface area contributed by atoms with Crippen molar-refractivity contribution in [2.45, 2.75) is 6.10 Å². The van der Waals surface area contributed by atoms with Crippen molar-refractivity contribution in [2.75, 3.05) is 7.11 Å². The van der Waals surface area contributed by atoms with Crippen molar-refractivity contribution in [1.82, 2.24) is 0 Å². The summed E-state index contributed by atoms with van der Waals surface area (Å²) < 4.78 is 32.2. The number of aliphatic hydroxyl groups is 1. The second-order valence-electron chi connectivity index (χ2n) is 3.54. The summed E-state index contributed by atoms with van der Waals surface area (Å²) in [6.45, 7) is 0. The fourth-order valence-corrected chi connectivity index (χ4v) is 2.74. The number of thiophene rings is 1. The third kappa shape index (κ3) is 2.41. The Labute approximate surface area is 115 Å². The highest BCUT2D eigenvalue weighted by Gasteiger charge is 2.21. The molecule has 1 atom stereocenters. The average molecular weight is 335 g/mol. The van der Waals surface area contributed by atoms with Gasteiger partial charge < -0.3 is 9.84 Å². The molecule has 2 rings (SSSR count). The first-order valence-electron chi connectivity index (χ1n) is 4.98. The molecule has 18 heavy (non-hydrogen) atoms. The van der Waals surface area contributed by atoms with Gasteiger partial charge in [0.15, 0.2) is 0 Å². The predicted molar refractivity (Wildman–Crippen MR) is 69.0 cm³/mol. The molecule has 0 saturated heterocycles. The smallest absolute Gasteiger partial charge is 0.137 e. The zero-order chi connectivity index (χ0) is 13.3. The van der Waals surface area contributed by atoms with E-state index in [9.17, 15) is 13.9 Å². The van der Waals surface area contributed by atoms with Gasteiger partial charge >= 0.3 is 0 Å². The van der Waals surface area contributed by atoms with Crippen LogP contribution in [0.1, 0.15) is 16.5 Å². The van der Waals surface area contributed by atoms with Gasteiger partial charge in [-0.2, -0.15) is 0 Å². The lowest BCUT2D eigenvalue weighted by Crippen LogP contribution is -2.03. The summed E-state index contributed by atoms with van der Waals surface area (Å²) in [6.07, 6.45) is -1.25. The molecule has 0 saturated carbocycles. The third-order valence-electron chi connectivity index (χ3n) is 2.46. The molecule has 1 aromatic carbocycles. The molecule has 0 spiro atoms. The van der Waals surface area contributed by atoms with Crippen molar-refractivity contribution in [3.05, 3.63) is 50.1 Å². The molecule has 1 unspecified atom stereocenters. The summed E-state index contributed by atoms with van der Waals surface area (Å²) in [5, 5.41) is 11.8. The predicted octanol–water partition coefficient (Wildman–Crippen LogP) is 3.88. The van der Waals surface area contributed by atoms with E-state index in [4.69, 9.17) is 4.74 Å². The topological polar surface area (TPSA) is 29.5 Å². The van der Waals surface area contributed by atoms with E-state index in [0.717, 1.165) is 12.1 Å². The first-order valence-corrected chi connectivity index (χ1v) is 6.65. The van der Waals surface area contributed by atoms with Gasteiger partial charge in [0.1, 0.15) is 23.5 Å². The molecule has 1 N–H and O–H groups in total. The van der Waals surface area contributed by atoms with E-state index in [1.807, 2.05) is 0 Å². The maximum Gasteiger partial charge on any atom is 0.137 e. The molecule has 1 aromatic heterocycles. The van der Waals surface area contributed by atoms with Crippen molar-refractivity contribution in [1.29, 1.82) is 0 Å². The Bertz CT molecular complexity index is 571. The molecule has 0 bridgehead atoms. The normalized spacial score (nSPS) is 12.5. The van der Waals surface area contributed by atoms with Crippen LogP contribution in [0.5, 0.6) is 5.75 Å². The molecule has 0 aliphatic carbocycles. The van der Waals surface area contributed by atoms with E-state index in [1.54, 1.807) is 11.4 Å². The zero-order valence-electron chi connectivity index (χ0n) is 9.28. The summed E-state index contributed by atoms with van der Waals surface area (Å²) in [6, 6.07) is 3.63. The Kier molecular flexibility index (Phi) is 3.99. The van der Waals surface area contributed by atoms with Crippen LogP contribution < -0.4 is 4.74 Å². The van der Waals surface area contributed by atoms with Crippen LogP contribution >= 0.6 is 27.3 Å². The van der Waals surface area contributed by atoms with Gasteiger partial charge in [0.05, 0.1) is 16.5 Å². The molecule has 0 aliphatic rings. The molecule has 96 valence electrons. The molecule has 2 nitrogen and oxygen atoms in total. The first-order chi connectivity index (χ1) is 8.54. The summed E-state index contributed by atoms with van der Waals surface area (Å²) in [4.78, 5) is 0.443. The molecular formula is C12H9BrF2O2S. The minimum absolute atomic E-state index is 0.0223. The average Bonchev–Trinajstić information content (AvgIpc) is 2.81. The van der Waals surface area contributed by atoms with Crippen molar-refractivity contribution in [2.24, 2.45) is 0 Å². The van der Waals surface area contributed by atoms with Crippen LogP contribution in [-0.2, 0) is 0 Å². The number of hydrogen-bond acceptors (Lipinski definition) is 3. The SMILES string of the molecule is COc1ccsc1C(O)c1cc(F)c(Br)cc1F. The van der Waals surface area contributed by atoms with Gasteiger partial charge in [-0.3, -0.25) is 0 Å². The number of benzene rings is 1. The standard InChI is InChI=1S/C12H9BrF2O2S/c1-17-10-2-3-18-12(10)11(16)6-4-9(15)7(13)5-8(6)14/h2-5,11,16H,1H3. The minimum atomic E-state index is -1.25. The lowest BCUT2D eigenvalue weighted by atomic mass is 10.1. The van der Waals surface area contributed by atoms with E-state index >= 15 is 0 Å². The Morgan fingerprint density at radius 1 is 1.33 bits per heavy atom. The maximum absolute atomic E-state index is 13.7. The number of methoxy groups -OCH3 is 1. The Morgan fingerprint density at radius 3 is 2.72 bits per heavy atom. The third-order valence-corrected chi connectivity index (χ3v) is 4.02. The zero-order valence-corrected chi connectivity index (χ0v) is 11.7. The van der Waals surface area contributed by atoms with E-state index in [0.29, 0.717) is 10.6 Å². The van der Waals surface area contributed by atoms with Crippen molar-refractivity contribution in [3.8, 4) is 5.75 Å². The quantitative estimate of drug-likeness (QED) is 0.863. The van der Waals surface area contributed by atoms with Crippen molar-refractivity contribution >= 4 is 27.3 Å². The molecule has 0 fully saturated rings. The van der Waals surface area contributed by atoms with Gasteiger partial charge in [-0.25, -0.2) is 8.78 Å². The fraction of sp³-hybridized carbons (Fsp3) is 0.167. The van der Waals surface area contributed by atoms with Gasteiger partial charge in [-0.1, -0.05) is 0 Å². The highest BCUT2D eigenvalue weighted by atomic mass is 79.9. The van der Waals surface area contributed by atoms with E-state index < -0.39 is 17.7 Å². The van der Waals surface area contributed by atoms with E-state index in [2.05, 4.69) is 15.9 Å². The summed E-state index contributed by atoms with van der Waals surface area (Å²) >= 11 is 4.11. The summed E-state index contributed by atoms with van der Waals surface area (Å²) in [5.74, 6) is -0.845. The second kappa shape index (κ2) is 5.34. The van der Waals surface area contributed by atoms with Crippen molar-refractivity contribution in [3.63, 3.8) is 0 Å². The van der Waals surface area contributed by atoms with Crippen molar-refractivity contribution < 1.29 is 18.6 Å².